The Morgan fingerprint density at radius 3 is 0.611 bits per heavy atom. The van der Waals surface area contributed by atoms with E-state index in [-0.39, 0.29) is 0 Å². The maximum absolute atomic E-state index is 5.92. The molecule has 0 unspecified atom stereocenters. The summed E-state index contributed by atoms with van der Waals surface area (Å²) in [4.78, 5) is 0. The Labute approximate surface area is 251 Å². The maximum atomic E-state index is 5.92. The first-order valence-corrected chi connectivity index (χ1v) is 22.6. The fraction of sp³-hybridized carbons (Fsp3) is 1.00. The Morgan fingerprint density at radius 1 is 0.278 bits per heavy atom. The second-order valence-corrected chi connectivity index (χ2v) is 21.4. The van der Waals surface area contributed by atoms with Crippen LogP contribution in [0.2, 0.25) is 6.04 Å². The van der Waals surface area contributed by atoms with Gasteiger partial charge in [0.1, 0.15) is 0 Å². The molecule has 0 aromatic heterocycles. The summed E-state index contributed by atoms with van der Waals surface area (Å²) < 4.78 is 0. The fourth-order valence-corrected chi connectivity index (χ4v) is 7.44. The van der Waals surface area contributed by atoms with Gasteiger partial charge in [0.25, 0.3) is 0 Å². The summed E-state index contributed by atoms with van der Waals surface area (Å²) in [7, 11) is 0. The van der Waals surface area contributed by atoms with Gasteiger partial charge in [0, 0.05) is 5.33 Å². The second kappa shape index (κ2) is 31.1. The normalized spacial score (nSPS) is 12.0. The largest absolute Gasteiger partial charge is 0.341 e. The second-order valence-electron chi connectivity index (χ2n) is 11.3. The highest BCUT2D eigenvalue weighted by Gasteiger charge is 2.23. The monoisotopic (exact) mass is 646 g/mol. The molecule has 0 bridgehead atoms. The molecule has 0 aliphatic rings. The van der Waals surface area contributed by atoms with Crippen molar-refractivity contribution < 1.29 is 0 Å². The minimum absolute atomic E-state index is 0.830. The quantitative estimate of drug-likeness (QED) is 0.0304. The van der Waals surface area contributed by atoms with E-state index in [1.807, 2.05) is 0 Å². The van der Waals surface area contributed by atoms with Crippen LogP contribution in [-0.2, 0) is 0 Å². The van der Waals surface area contributed by atoms with Crippen molar-refractivity contribution in [2.24, 2.45) is 0 Å². The minimum Gasteiger partial charge on any atom is -0.126 e. The SMILES string of the molecule is Cl[Si](Cl)(Cl)CCCCCCCCCCCCCCCCCCCCCCCCCCCCCCCBr. The van der Waals surface area contributed by atoms with Gasteiger partial charge in [-0.2, -0.15) is 0 Å². The molecule has 218 valence electrons. The van der Waals surface area contributed by atoms with Crippen molar-refractivity contribution in [2.75, 3.05) is 5.33 Å². The van der Waals surface area contributed by atoms with Crippen LogP contribution in [-0.4, -0.2) is 11.3 Å². The Morgan fingerprint density at radius 2 is 0.444 bits per heavy atom. The molecule has 0 nitrogen and oxygen atoms in total. The molecule has 0 aliphatic heterocycles. The first kappa shape index (κ1) is 37.6. The molecule has 0 heterocycles. The van der Waals surface area contributed by atoms with Gasteiger partial charge in [-0.25, -0.2) is 0 Å². The molecule has 0 rings (SSSR count). The van der Waals surface area contributed by atoms with Gasteiger partial charge in [0.05, 0.1) is 0 Å². The highest BCUT2D eigenvalue weighted by molar-refractivity contribution is 9.09. The van der Waals surface area contributed by atoms with Crippen molar-refractivity contribution in [1.29, 1.82) is 0 Å². The number of hydrogen-bond acceptors (Lipinski definition) is 0. The van der Waals surface area contributed by atoms with E-state index in [9.17, 15) is 0 Å². The van der Waals surface area contributed by atoms with E-state index in [1.54, 1.807) is 0 Å². The van der Waals surface area contributed by atoms with E-state index in [2.05, 4.69) is 15.9 Å². The molecule has 0 N–H and O–H groups in total. The lowest BCUT2D eigenvalue weighted by atomic mass is 10.0. The van der Waals surface area contributed by atoms with Gasteiger partial charge in [-0.05, 0) is 12.5 Å². The smallest absolute Gasteiger partial charge is 0.126 e. The Balaban J connectivity index is 3.03. The molecule has 0 aromatic rings. The molecule has 0 radical (unpaired) electrons. The molecule has 0 aromatic carbocycles. The summed E-state index contributed by atoms with van der Waals surface area (Å²) in [5.74, 6) is 0. The van der Waals surface area contributed by atoms with Crippen LogP contribution < -0.4 is 0 Å². The van der Waals surface area contributed by atoms with E-state index in [1.165, 1.54) is 185 Å². The van der Waals surface area contributed by atoms with Crippen molar-refractivity contribution in [3.63, 3.8) is 0 Å². The molecule has 5 heteroatoms. The van der Waals surface area contributed by atoms with Gasteiger partial charge in [-0.15, -0.1) is 33.2 Å². The molecule has 0 aliphatic carbocycles. The van der Waals surface area contributed by atoms with Crippen LogP contribution in [0.15, 0.2) is 0 Å². The number of rotatable bonds is 31. The molecule has 0 atom stereocenters. The first-order valence-electron chi connectivity index (χ1n) is 16.2. The fourth-order valence-electron chi connectivity index (χ4n) is 5.19. The summed E-state index contributed by atoms with van der Waals surface area (Å²) in [5, 5.41) is 1.18. The van der Waals surface area contributed by atoms with Crippen LogP contribution in [0.3, 0.4) is 0 Å². The molecule has 0 amide bonds. The van der Waals surface area contributed by atoms with Crippen molar-refractivity contribution in [3.05, 3.63) is 0 Å². The number of unbranched alkanes of at least 4 members (excludes halogenated alkanes) is 28. The van der Waals surface area contributed by atoms with Crippen molar-refractivity contribution in [3.8, 4) is 0 Å². The van der Waals surface area contributed by atoms with Gasteiger partial charge in [0.2, 0.25) is 0 Å². The Hall–Kier alpha value is 1.57. The van der Waals surface area contributed by atoms with Crippen molar-refractivity contribution in [1.82, 2.24) is 0 Å². The van der Waals surface area contributed by atoms with E-state index >= 15 is 0 Å². The molecule has 0 fully saturated rings. The summed E-state index contributed by atoms with van der Waals surface area (Å²) in [6.07, 6.45) is 41.4. The van der Waals surface area contributed by atoms with Crippen LogP contribution in [0.1, 0.15) is 186 Å². The number of hydrogen-bond donors (Lipinski definition) is 0. The Kier molecular flexibility index (Phi) is 32.5. The predicted octanol–water partition coefficient (Wildman–Crippen LogP) is 14.3. The molecular formula is C31H62BrCl3Si. The van der Waals surface area contributed by atoms with Crippen LogP contribution in [0.25, 0.3) is 0 Å². The minimum atomic E-state index is -2.36. The van der Waals surface area contributed by atoms with E-state index in [0.717, 1.165) is 12.5 Å². The summed E-state index contributed by atoms with van der Waals surface area (Å²) in [6.45, 7) is 0. The first-order chi connectivity index (χ1) is 17.6. The summed E-state index contributed by atoms with van der Waals surface area (Å²) in [5.41, 5.74) is 0. The van der Waals surface area contributed by atoms with Gasteiger partial charge in [-0.3, -0.25) is 0 Å². The standard InChI is InChI=1S/C31H62BrCl3Si/c32-30-28-26-24-22-20-18-16-14-12-10-8-6-4-2-1-3-5-7-9-11-13-15-17-19-21-23-25-27-29-31-36(33,34)35/h1-31H2. The lowest BCUT2D eigenvalue weighted by molar-refractivity contribution is 0.514. The number of halogens is 4. The predicted molar refractivity (Wildman–Crippen MR) is 176 cm³/mol. The molecule has 0 spiro atoms. The summed E-state index contributed by atoms with van der Waals surface area (Å²) in [6, 6.07) is -1.53. The average molecular weight is 649 g/mol. The molecular weight excluding hydrogens is 587 g/mol. The van der Waals surface area contributed by atoms with Crippen LogP contribution in [0.5, 0.6) is 0 Å². The maximum Gasteiger partial charge on any atom is 0.341 e. The number of alkyl halides is 1. The van der Waals surface area contributed by atoms with Gasteiger partial charge >= 0.3 is 6.00 Å². The average Bonchev–Trinajstić information content (AvgIpc) is 2.84. The molecule has 0 saturated heterocycles. The van der Waals surface area contributed by atoms with E-state index in [4.69, 9.17) is 33.2 Å². The molecule has 36 heavy (non-hydrogen) atoms. The lowest BCUT2D eigenvalue weighted by Gasteiger charge is -2.07. The highest BCUT2D eigenvalue weighted by Crippen LogP contribution is 2.27. The lowest BCUT2D eigenvalue weighted by Crippen LogP contribution is -2.07. The van der Waals surface area contributed by atoms with Gasteiger partial charge < -0.3 is 0 Å². The van der Waals surface area contributed by atoms with E-state index < -0.39 is 6.00 Å². The zero-order chi connectivity index (χ0) is 26.4. The topological polar surface area (TPSA) is 0 Å². The Bertz CT molecular complexity index is 404. The molecule has 0 saturated carbocycles. The van der Waals surface area contributed by atoms with E-state index in [0.29, 0.717) is 0 Å². The van der Waals surface area contributed by atoms with Gasteiger partial charge in [0.15, 0.2) is 0 Å². The summed E-state index contributed by atoms with van der Waals surface area (Å²) >= 11 is 21.3. The van der Waals surface area contributed by atoms with Crippen LogP contribution in [0.4, 0.5) is 0 Å². The third-order valence-electron chi connectivity index (χ3n) is 7.59. The highest BCUT2D eigenvalue weighted by atomic mass is 79.9. The van der Waals surface area contributed by atoms with Crippen LogP contribution in [0, 0.1) is 0 Å². The zero-order valence-corrected chi connectivity index (χ0v) is 28.8. The van der Waals surface area contributed by atoms with Crippen molar-refractivity contribution in [2.45, 2.75) is 192 Å². The van der Waals surface area contributed by atoms with Crippen LogP contribution >= 0.6 is 49.2 Å². The third-order valence-corrected chi connectivity index (χ3v) is 10.8. The van der Waals surface area contributed by atoms with Crippen molar-refractivity contribution >= 4 is 55.2 Å². The van der Waals surface area contributed by atoms with Gasteiger partial charge in [-0.1, -0.05) is 196 Å². The zero-order valence-electron chi connectivity index (χ0n) is 23.9. The third kappa shape index (κ3) is 35.6.